The summed E-state index contributed by atoms with van der Waals surface area (Å²) in [5.41, 5.74) is 0. The number of hydrogen-bond acceptors (Lipinski definition) is 2. The Hall–Kier alpha value is -0.660. The fourth-order valence-electron chi connectivity index (χ4n) is 3.69. The molecule has 2 rings (SSSR count). The lowest BCUT2D eigenvalue weighted by molar-refractivity contribution is -0.140. The molecule has 96 valence electrons. The summed E-state index contributed by atoms with van der Waals surface area (Å²) in [6.45, 7) is 1.96. The van der Waals surface area contributed by atoms with Crippen molar-refractivity contribution >= 4 is 11.6 Å². The molecule has 2 heteroatoms. The minimum absolute atomic E-state index is 0.0594. The van der Waals surface area contributed by atoms with Crippen molar-refractivity contribution in [3.63, 3.8) is 0 Å². The molecule has 0 aromatic carbocycles. The number of ketones is 2. The van der Waals surface area contributed by atoms with Crippen molar-refractivity contribution in [2.45, 2.75) is 64.7 Å². The first kappa shape index (κ1) is 12.8. The lowest BCUT2D eigenvalue weighted by Crippen LogP contribution is -2.34. The van der Waals surface area contributed by atoms with Gasteiger partial charge in [-0.2, -0.15) is 0 Å². The molecular weight excluding hydrogens is 212 g/mol. The molecule has 0 aromatic heterocycles. The number of carbonyl (C=O) groups excluding carboxylic acids is 2. The maximum absolute atomic E-state index is 12.0. The van der Waals surface area contributed by atoms with E-state index in [1.165, 1.54) is 32.1 Å². The van der Waals surface area contributed by atoms with Gasteiger partial charge in [-0.25, -0.2) is 0 Å². The smallest absolute Gasteiger partial charge is 0.201 e. The molecular formula is C15H24O2. The summed E-state index contributed by atoms with van der Waals surface area (Å²) in [6, 6.07) is 0. The molecule has 0 radical (unpaired) electrons. The van der Waals surface area contributed by atoms with Gasteiger partial charge in [-0.05, 0) is 37.5 Å². The van der Waals surface area contributed by atoms with Crippen molar-refractivity contribution in [3.05, 3.63) is 0 Å². The third-order valence-corrected chi connectivity index (χ3v) is 4.66. The van der Waals surface area contributed by atoms with Crippen LogP contribution in [-0.2, 0) is 9.59 Å². The lowest BCUT2D eigenvalue weighted by Gasteiger charge is -2.38. The maximum Gasteiger partial charge on any atom is 0.201 e. The SMILES string of the molecule is CCCC(=O)C(=O)C1CCC2CCCCC2C1. The summed E-state index contributed by atoms with van der Waals surface area (Å²) in [5.74, 6) is 1.48. The van der Waals surface area contributed by atoms with Crippen LogP contribution < -0.4 is 0 Å². The van der Waals surface area contributed by atoms with Gasteiger partial charge in [0.25, 0.3) is 0 Å². The highest BCUT2D eigenvalue weighted by molar-refractivity contribution is 6.37. The minimum Gasteiger partial charge on any atom is -0.291 e. The fraction of sp³-hybridized carbons (Fsp3) is 0.867. The van der Waals surface area contributed by atoms with Crippen LogP contribution in [0.2, 0.25) is 0 Å². The summed E-state index contributed by atoms with van der Waals surface area (Å²) in [7, 11) is 0. The van der Waals surface area contributed by atoms with Gasteiger partial charge in [-0.15, -0.1) is 0 Å². The van der Waals surface area contributed by atoms with E-state index in [-0.39, 0.29) is 17.5 Å². The van der Waals surface area contributed by atoms with Gasteiger partial charge in [0, 0.05) is 12.3 Å². The van der Waals surface area contributed by atoms with Gasteiger partial charge in [0.1, 0.15) is 0 Å². The molecule has 2 fully saturated rings. The van der Waals surface area contributed by atoms with Crippen molar-refractivity contribution in [1.82, 2.24) is 0 Å². The molecule has 0 N–H and O–H groups in total. The van der Waals surface area contributed by atoms with E-state index in [1.54, 1.807) is 0 Å². The van der Waals surface area contributed by atoms with Crippen LogP contribution in [0.5, 0.6) is 0 Å². The van der Waals surface area contributed by atoms with E-state index < -0.39 is 0 Å². The Morgan fingerprint density at radius 1 is 1.00 bits per heavy atom. The van der Waals surface area contributed by atoms with E-state index >= 15 is 0 Å². The van der Waals surface area contributed by atoms with E-state index in [9.17, 15) is 9.59 Å². The van der Waals surface area contributed by atoms with Crippen molar-refractivity contribution in [2.75, 3.05) is 0 Å². The Balaban J connectivity index is 1.90. The quantitative estimate of drug-likeness (QED) is 0.700. The highest BCUT2D eigenvalue weighted by Gasteiger charge is 2.36. The van der Waals surface area contributed by atoms with Gasteiger partial charge in [0.05, 0.1) is 0 Å². The molecule has 3 atom stereocenters. The van der Waals surface area contributed by atoms with Gasteiger partial charge in [0.2, 0.25) is 5.78 Å². The third kappa shape index (κ3) is 2.97. The van der Waals surface area contributed by atoms with Crippen LogP contribution in [0.1, 0.15) is 64.7 Å². The van der Waals surface area contributed by atoms with E-state index in [2.05, 4.69) is 0 Å². The predicted octanol–water partition coefficient (Wildman–Crippen LogP) is 3.53. The van der Waals surface area contributed by atoms with Crippen LogP contribution in [0.15, 0.2) is 0 Å². The average molecular weight is 236 g/mol. The molecule has 0 bridgehead atoms. The first-order valence-electron chi connectivity index (χ1n) is 7.29. The van der Waals surface area contributed by atoms with Crippen molar-refractivity contribution in [2.24, 2.45) is 17.8 Å². The second-order valence-corrected chi connectivity index (χ2v) is 5.85. The Morgan fingerprint density at radius 2 is 1.71 bits per heavy atom. The van der Waals surface area contributed by atoms with E-state index in [0.29, 0.717) is 6.42 Å². The number of Topliss-reactive ketones (excluding diaryl/α,β-unsaturated/α-hetero) is 2. The minimum atomic E-state index is -0.119. The summed E-state index contributed by atoms with van der Waals surface area (Å²) in [4.78, 5) is 23.7. The molecule has 3 unspecified atom stereocenters. The monoisotopic (exact) mass is 236 g/mol. The summed E-state index contributed by atoms with van der Waals surface area (Å²) in [5, 5.41) is 0. The molecule has 2 aliphatic rings. The number of rotatable bonds is 4. The molecule has 0 aromatic rings. The van der Waals surface area contributed by atoms with E-state index in [1.807, 2.05) is 6.92 Å². The lowest BCUT2D eigenvalue weighted by atomic mass is 9.66. The number of hydrogen-bond donors (Lipinski definition) is 0. The zero-order chi connectivity index (χ0) is 12.3. The number of carbonyl (C=O) groups is 2. The van der Waals surface area contributed by atoms with Gasteiger partial charge >= 0.3 is 0 Å². The predicted molar refractivity (Wildman–Crippen MR) is 67.7 cm³/mol. The van der Waals surface area contributed by atoms with Gasteiger partial charge in [0.15, 0.2) is 5.78 Å². The molecule has 0 amide bonds. The molecule has 0 saturated heterocycles. The Morgan fingerprint density at radius 3 is 2.41 bits per heavy atom. The Kier molecular flexibility index (Phi) is 4.36. The second kappa shape index (κ2) is 5.79. The molecule has 0 spiro atoms. The Labute approximate surface area is 104 Å². The van der Waals surface area contributed by atoms with Crippen molar-refractivity contribution < 1.29 is 9.59 Å². The molecule has 0 aliphatic heterocycles. The average Bonchev–Trinajstić information content (AvgIpc) is 2.37. The van der Waals surface area contributed by atoms with Gasteiger partial charge in [-0.1, -0.05) is 32.6 Å². The maximum atomic E-state index is 12.0. The van der Waals surface area contributed by atoms with E-state index in [4.69, 9.17) is 0 Å². The first-order chi connectivity index (χ1) is 8.22. The highest BCUT2D eigenvalue weighted by atomic mass is 16.2. The summed E-state index contributed by atoms with van der Waals surface area (Å²) < 4.78 is 0. The van der Waals surface area contributed by atoms with Crippen LogP contribution in [0.3, 0.4) is 0 Å². The van der Waals surface area contributed by atoms with Gasteiger partial charge in [-0.3, -0.25) is 9.59 Å². The van der Waals surface area contributed by atoms with Crippen LogP contribution in [0.4, 0.5) is 0 Å². The number of fused-ring (bicyclic) bond motifs is 1. The second-order valence-electron chi connectivity index (χ2n) is 5.85. The molecule has 2 saturated carbocycles. The summed E-state index contributed by atoms with van der Waals surface area (Å²) >= 11 is 0. The molecule has 0 heterocycles. The van der Waals surface area contributed by atoms with Crippen molar-refractivity contribution in [1.29, 1.82) is 0 Å². The van der Waals surface area contributed by atoms with E-state index in [0.717, 1.165) is 31.1 Å². The molecule has 2 aliphatic carbocycles. The highest BCUT2D eigenvalue weighted by Crippen LogP contribution is 2.42. The standard InChI is InChI=1S/C15H24O2/c1-2-5-14(16)15(17)13-9-8-11-6-3-4-7-12(11)10-13/h11-13H,2-10H2,1H3. The summed E-state index contributed by atoms with van der Waals surface area (Å²) in [6.07, 6.45) is 9.73. The Bertz CT molecular complexity index is 295. The normalized spacial score (nSPS) is 32.9. The zero-order valence-corrected chi connectivity index (χ0v) is 10.9. The largest absolute Gasteiger partial charge is 0.291 e. The third-order valence-electron chi connectivity index (χ3n) is 4.66. The molecule has 17 heavy (non-hydrogen) atoms. The van der Waals surface area contributed by atoms with Crippen LogP contribution in [0, 0.1) is 17.8 Å². The fourth-order valence-corrected chi connectivity index (χ4v) is 3.69. The van der Waals surface area contributed by atoms with Crippen LogP contribution >= 0.6 is 0 Å². The van der Waals surface area contributed by atoms with Crippen LogP contribution in [-0.4, -0.2) is 11.6 Å². The first-order valence-corrected chi connectivity index (χ1v) is 7.29. The van der Waals surface area contributed by atoms with Gasteiger partial charge < -0.3 is 0 Å². The molecule has 2 nitrogen and oxygen atoms in total. The topological polar surface area (TPSA) is 34.1 Å². The van der Waals surface area contributed by atoms with Crippen molar-refractivity contribution in [3.8, 4) is 0 Å². The zero-order valence-electron chi connectivity index (χ0n) is 10.9. The van der Waals surface area contributed by atoms with Crippen LogP contribution in [0.25, 0.3) is 0 Å².